The van der Waals surface area contributed by atoms with Crippen molar-refractivity contribution in [1.29, 1.82) is 0 Å². The van der Waals surface area contributed by atoms with E-state index in [1.165, 1.54) is 19.3 Å². The van der Waals surface area contributed by atoms with Gasteiger partial charge in [0.1, 0.15) is 0 Å². The number of aliphatic carboxylic acids is 1. The lowest BCUT2D eigenvalue weighted by Crippen LogP contribution is -2.49. The molecular weight excluding hydrogens is 226 g/mol. The largest absolute Gasteiger partial charge is 0.481 e. The second kappa shape index (κ2) is 6.05. The van der Waals surface area contributed by atoms with Gasteiger partial charge in [-0.3, -0.25) is 9.69 Å². The molecule has 1 saturated heterocycles. The average Bonchev–Trinajstić information content (AvgIpc) is 2.30. The van der Waals surface area contributed by atoms with Crippen molar-refractivity contribution in [3.05, 3.63) is 0 Å². The average molecular weight is 253 g/mol. The monoisotopic (exact) mass is 253 g/mol. The SMILES string of the molecule is CC1CCCC(C)C1N1CCC(CC(=O)O)CC1. The molecule has 104 valence electrons. The molecule has 3 heteroatoms. The van der Waals surface area contributed by atoms with Gasteiger partial charge in [-0.15, -0.1) is 0 Å². The third kappa shape index (κ3) is 3.25. The maximum absolute atomic E-state index is 10.7. The first-order valence-electron chi connectivity index (χ1n) is 7.53. The molecule has 2 atom stereocenters. The Labute approximate surface area is 111 Å². The fourth-order valence-electron chi connectivity index (χ4n) is 4.09. The standard InChI is InChI=1S/C15H27NO2/c1-11-4-3-5-12(2)15(11)16-8-6-13(7-9-16)10-14(17)18/h11-13,15H,3-10H2,1-2H3,(H,17,18). The predicted molar refractivity (Wildman–Crippen MR) is 72.5 cm³/mol. The number of carboxylic acids is 1. The lowest BCUT2D eigenvalue weighted by Gasteiger charge is -2.45. The van der Waals surface area contributed by atoms with Crippen LogP contribution in [0.15, 0.2) is 0 Å². The molecular formula is C15H27NO2. The van der Waals surface area contributed by atoms with E-state index in [1.807, 2.05) is 0 Å². The Morgan fingerprint density at radius 2 is 1.67 bits per heavy atom. The zero-order valence-corrected chi connectivity index (χ0v) is 11.8. The van der Waals surface area contributed by atoms with Crippen molar-refractivity contribution in [2.75, 3.05) is 13.1 Å². The van der Waals surface area contributed by atoms with Gasteiger partial charge in [0, 0.05) is 12.5 Å². The summed E-state index contributed by atoms with van der Waals surface area (Å²) in [5, 5.41) is 8.85. The quantitative estimate of drug-likeness (QED) is 0.840. The number of hydrogen-bond acceptors (Lipinski definition) is 2. The molecule has 0 bridgehead atoms. The highest BCUT2D eigenvalue weighted by molar-refractivity contribution is 5.67. The fraction of sp³-hybridized carbons (Fsp3) is 0.933. The highest BCUT2D eigenvalue weighted by Gasteiger charge is 2.34. The Bertz CT molecular complexity index is 274. The van der Waals surface area contributed by atoms with Gasteiger partial charge in [-0.25, -0.2) is 0 Å². The van der Waals surface area contributed by atoms with E-state index in [2.05, 4.69) is 18.7 Å². The van der Waals surface area contributed by atoms with Crippen LogP contribution in [-0.2, 0) is 4.79 Å². The summed E-state index contributed by atoms with van der Waals surface area (Å²) in [5.41, 5.74) is 0. The molecule has 1 N–H and O–H groups in total. The first kappa shape index (κ1) is 13.9. The second-order valence-corrected chi connectivity index (χ2v) is 6.45. The van der Waals surface area contributed by atoms with Gasteiger partial charge < -0.3 is 5.11 Å². The molecule has 3 nitrogen and oxygen atoms in total. The molecule has 1 saturated carbocycles. The van der Waals surface area contributed by atoms with Crippen molar-refractivity contribution >= 4 is 5.97 Å². The van der Waals surface area contributed by atoms with Crippen molar-refractivity contribution in [3.63, 3.8) is 0 Å². The molecule has 1 heterocycles. The molecule has 1 aliphatic carbocycles. The molecule has 1 aliphatic heterocycles. The summed E-state index contributed by atoms with van der Waals surface area (Å²) in [6.45, 7) is 7.00. The third-order valence-corrected chi connectivity index (χ3v) is 5.02. The highest BCUT2D eigenvalue weighted by atomic mass is 16.4. The van der Waals surface area contributed by atoms with Gasteiger partial charge in [0.05, 0.1) is 0 Å². The summed E-state index contributed by atoms with van der Waals surface area (Å²) in [6.07, 6.45) is 6.62. The summed E-state index contributed by atoms with van der Waals surface area (Å²) in [7, 11) is 0. The summed E-state index contributed by atoms with van der Waals surface area (Å²) in [5.74, 6) is 1.40. The van der Waals surface area contributed by atoms with Gasteiger partial charge in [-0.2, -0.15) is 0 Å². The zero-order chi connectivity index (χ0) is 13.1. The predicted octanol–water partition coefficient (Wildman–Crippen LogP) is 3.00. The maximum Gasteiger partial charge on any atom is 0.303 e. The minimum absolute atomic E-state index is 0.365. The minimum atomic E-state index is -0.632. The Hall–Kier alpha value is -0.570. The first-order valence-corrected chi connectivity index (χ1v) is 7.53. The molecule has 0 aromatic rings. The molecule has 0 aromatic carbocycles. The van der Waals surface area contributed by atoms with Crippen molar-refractivity contribution in [3.8, 4) is 0 Å². The molecule has 2 unspecified atom stereocenters. The van der Waals surface area contributed by atoms with Crippen LogP contribution in [0.25, 0.3) is 0 Å². The van der Waals surface area contributed by atoms with Crippen LogP contribution in [0.2, 0.25) is 0 Å². The molecule has 0 spiro atoms. The Kier molecular flexibility index (Phi) is 4.66. The van der Waals surface area contributed by atoms with Crippen LogP contribution in [0.5, 0.6) is 0 Å². The van der Waals surface area contributed by atoms with Crippen LogP contribution in [0.3, 0.4) is 0 Å². The molecule has 0 radical (unpaired) electrons. The summed E-state index contributed by atoms with van der Waals surface area (Å²) >= 11 is 0. The summed E-state index contributed by atoms with van der Waals surface area (Å²) < 4.78 is 0. The smallest absolute Gasteiger partial charge is 0.303 e. The van der Waals surface area contributed by atoms with E-state index < -0.39 is 5.97 Å². The topological polar surface area (TPSA) is 40.5 Å². The molecule has 18 heavy (non-hydrogen) atoms. The number of hydrogen-bond donors (Lipinski definition) is 1. The number of likely N-dealkylation sites (tertiary alicyclic amines) is 1. The van der Waals surface area contributed by atoms with Crippen molar-refractivity contribution < 1.29 is 9.90 Å². The van der Waals surface area contributed by atoms with E-state index in [4.69, 9.17) is 5.11 Å². The van der Waals surface area contributed by atoms with Gasteiger partial charge in [0.15, 0.2) is 0 Å². The van der Waals surface area contributed by atoms with E-state index in [0.717, 1.165) is 43.8 Å². The van der Waals surface area contributed by atoms with Crippen molar-refractivity contribution in [1.82, 2.24) is 4.90 Å². The van der Waals surface area contributed by atoms with Gasteiger partial charge in [-0.05, 0) is 56.5 Å². The molecule has 2 fully saturated rings. The first-order chi connectivity index (χ1) is 8.58. The maximum atomic E-state index is 10.7. The molecule has 2 rings (SSSR count). The Balaban J connectivity index is 1.86. The minimum Gasteiger partial charge on any atom is -0.481 e. The van der Waals surface area contributed by atoms with Crippen LogP contribution < -0.4 is 0 Å². The normalized spacial score (nSPS) is 35.6. The summed E-state index contributed by atoms with van der Waals surface area (Å²) in [6, 6.07) is 0.740. The van der Waals surface area contributed by atoms with E-state index in [1.54, 1.807) is 0 Å². The highest BCUT2D eigenvalue weighted by Crippen LogP contribution is 2.35. The number of nitrogens with zero attached hydrogens (tertiary/aromatic N) is 1. The van der Waals surface area contributed by atoms with Gasteiger partial charge in [0.2, 0.25) is 0 Å². The number of carbonyl (C=O) groups is 1. The van der Waals surface area contributed by atoms with Crippen LogP contribution in [0, 0.1) is 17.8 Å². The zero-order valence-electron chi connectivity index (χ0n) is 11.8. The van der Waals surface area contributed by atoms with Crippen LogP contribution in [-0.4, -0.2) is 35.1 Å². The van der Waals surface area contributed by atoms with Crippen molar-refractivity contribution in [2.24, 2.45) is 17.8 Å². The lowest BCUT2D eigenvalue weighted by molar-refractivity contribution is -0.138. The van der Waals surface area contributed by atoms with Crippen LogP contribution in [0.1, 0.15) is 52.4 Å². The number of carboxylic acid groups (broad SMARTS) is 1. The lowest BCUT2D eigenvalue weighted by atomic mass is 9.77. The van der Waals surface area contributed by atoms with Crippen molar-refractivity contribution in [2.45, 2.75) is 58.4 Å². The summed E-state index contributed by atoms with van der Waals surface area (Å²) in [4.78, 5) is 13.4. The van der Waals surface area contributed by atoms with E-state index in [9.17, 15) is 4.79 Å². The van der Waals surface area contributed by atoms with E-state index >= 15 is 0 Å². The fourth-order valence-corrected chi connectivity index (χ4v) is 4.09. The van der Waals surface area contributed by atoms with Gasteiger partial charge in [0.25, 0.3) is 0 Å². The van der Waals surface area contributed by atoms with Crippen LogP contribution in [0.4, 0.5) is 0 Å². The van der Waals surface area contributed by atoms with Gasteiger partial charge in [-0.1, -0.05) is 20.3 Å². The second-order valence-electron chi connectivity index (χ2n) is 6.45. The van der Waals surface area contributed by atoms with E-state index in [0.29, 0.717) is 12.3 Å². The van der Waals surface area contributed by atoms with E-state index in [-0.39, 0.29) is 0 Å². The van der Waals surface area contributed by atoms with Gasteiger partial charge >= 0.3 is 5.97 Å². The Morgan fingerprint density at radius 1 is 1.11 bits per heavy atom. The third-order valence-electron chi connectivity index (χ3n) is 5.02. The number of rotatable bonds is 3. The molecule has 2 aliphatic rings. The molecule has 0 aromatic heterocycles. The number of piperidine rings is 1. The Morgan fingerprint density at radius 3 is 2.17 bits per heavy atom. The molecule has 0 amide bonds. The van der Waals surface area contributed by atoms with Crippen LogP contribution >= 0.6 is 0 Å².